The summed E-state index contributed by atoms with van der Waals surface area (Å²) in [4.78, 5) is 11.7. The molecule has 18 heavy (non-hydrogen) atoms. The van der Waals surface area contributed by atoms with Crippen molar-refractivity contribution in [1.82, 2.24) is 9.78 Å². The van der Waals surface area contributed by atoms with Gasteiger partial charge in [0, 0.05) is 11.6 Å². The third kappa shape index (κ3) is 2.56. The number of hydrogen-bond acceptors (Lipinski definition) is 4. The number of nitrogen functional groups attached to an aromatic ring is 1. The van der Waals surface area contributed by atoms with Crippen molar-refractivity contribution in [3.8, 4) is 0 Å². The summed E-state index contributed by atoms with van der Waals surface area (Å²) >= 11 is 5.89. The standard InChI is InChI=1S/C12H14ClN3O2/c1-2-3-4-18-12(17)16-7-8-5-10(14)9(13)6-11(8)15-16/h5-7H,2-4,14H2,1H3. The number of aromatic nitrogens is 2. The summed E-state index contributed by atoms with van der Waals surface area (Å²) in [5.41, 5.74) is 6.76. The molecular weight excluding hydrogens is 254 g/mol. The quantitative estimate of drug-likeness (QED) is 0.685. The molecule has 2 aromatic rings. The summed E-state index contributed by atoms with van der Waals surface area (Å²) in [6.45, 7) is 2.43. The third-order valence-corrected chi connectivity index (χ3v) is 2.86. The van der Waals surface area contributed by atoms with Crippen LogP contribution in [0.3, 0.4) is 0 Å². The fourth-order valence-electron chi connectivity index (χ4n) is 1.53. The minimum absolute atomic E-state index is 0.397. The molecule has 1 heterocycles. The van der Waals surface area contributed by atoms with Gasteiger partial charge in [0.1, 0.15) is 0 Å². The van der Waals surface area contributed by atoms with Crippen molar-refractivity contribution in [2.24, 2.45) is 0 Å². The van der Waals surface area contributed by atoms with E-state index in [0.717, 1.165) is 22.9 Å². The van der Waals surface area contributed by atoms with Gasteiger partial charge in [0.15, 0.2) is 0 Å². The molecule has 0 amide bonds. The number of hydrogen-bond donors (Lipinski definition) is 1. The lowest BCUT2D eigenvalue weighted by Gasteiger charge is -2.01. The Kier molecular flexibility index (Phi) is 3.72. The molecule has 0 bridgehead atoms. The number of rotatable bonds is 3. The number of unbranched alkanes of at least 4 members (excludes halogenated alkanes) is 1. The van der Waals surface area contributed by atoms with Crippen molar-refractivity contribution in [2.75, 3.05) is 12.3 Å². The lowest BCUT2D eigenvalue weighted by molar-refractivity contribution is 0.143. The SMILES string of the molecule is CCCCOC(=O)n1cc2cc(N)c(Cl)cc2n1. The van der Waals surface area contributed by atoms with Crippen LogP contribution in [0.1, 0.15) is 19.8 Å². The largest absolute Gasteiger partial charge is 0.448 e. The molecule has 5 nitrogen and oxygen atoms in total. The summed E-state index contributed by atoms with van der Waals surface area (Å²) in [5, 5.41) is 5.27. The molecule has 0 aliphatic carbocycles. The van der Waals surface area contributed by atoms with Crippen molar-refractivity contribution in [3.05, 3.63) is 23.4 Å². The van der Waals surface area contributed by atoms with E-state index in [1.165, 1.54) is 0 Å². The van der Waals surface area contributed by atoms with E-state index in [1.54, 1.807) is 18.3 Å². The number of carbonyl (C=O) groups excluding carboxylic acids is 1. The van der Waals surface area contributed by atoms with Crippen molar-refractivity contribution >= 4 is 34.3 Å². The zero-order valence-electron chi connectivity index (χ0n) is 10.0. The second-order valence-electron chi connectivity index (χ2n) is 3.97. The monoisotopic (exact) mass is 267 g/mol. The lowest BCUT2D eigenvalue weighted by Crippen LogP contribution is -2.14. The maximum absolute atomic E-state index is 11.7. The molecular formula is C12H14ClN3O2. The van der Waals surface area contributed by atoms with Crippen LogP contribution in [0.15, 0.2) is 18.3 Å². The van der Waals surface area contributed by atoms with Gasteiger partial charge in [-0.2, -0.15) is 9.78 Å². The van der Waals surface area contributed by atoms with E-state index in [1.807, 2.05) is 6.92 Å². The average molecular weight is 268 g/mol. The Morgan fingerprint density at radius 1 is 1.56 bits per heavy atom. The topological polar surface area (TPSA) is 70.1 Å². The van der Waals surface area contributed by atoms with Gasteiger partial charge in [-0.25, -0.2) is 4.79 Å². The molecule has 0 aliphatic rings. The van der Waals surface area contributed by atoms with Crippen LogP contribution in [0.5, 0.6) is 0 Å². The maximum Gasteiger partial charge on any atom is 0.434 e. The Morgan fingerprint density at radius 3 is 3.06 bits per heavy atom. The zero-order chi connectivity index (χ0) is 13.1. The molecule has 0 aliphatic heterocycles. The lowest BCUT2D eigenvalue weighted by atomic mass is 10.2. The fourth-order valence-corrected chi connectivity index (χ4v) is 1.69. The van der Waals surface area contributed by atoms with Gasteiger partial charge >= 0.3 is 6.09 Å². The summed E-state index contributed by atoms with van der Waals surface area (Å²) in [7, 11) is 0. The predicted octanol–water partition coefficient (Wildman–Crippen LogP) is 3.06. The molecule has 1 aromatic heterocycles. The summed E-state index contributed by atoms with van der Waals surface area (Å²) in [6, 6.07) is 3.31. The Morgan fingerprint density at radius 2 is 2.33 bits per heavy atom. The molecule has 0 atom stereocenters. The number of fused-ring (bicyclic) bond motifs is 1. The van der Waals surface area contributed by atoms with E-state index >= 15 is 0 Å². The fraction of sp³-hybridized carbons (Fsp3) is 0.333. The third-order valence-electron chi connectivity index (χ3n) is 2.53. The van der Waals surface area contributed by atoms with Gasteiger partial charge in [0.2, 0.25) is 0 Å². The van der Waals surface area contributed by atoms with E-state index in [-0.39, 0.29) is 0 Å². The van der Waals surface area contributed by atoms with Crippen LogP contribution in [-0.4, -0.2) is 22.5 Å². The highest BCUT2D eigenvalue weighted by atomic mass is 35.5. The molecule has 2 rings (SSSR count). The second kappa shape index (κ2) is 5.27. The molecule has 1 aromatic carbocycles. The molecule has 96 valence electrons. The van der Waals surface area contributed by atoms with Crippen molar-refractivity contribution < 1.29 is 9.53 Å². The number of ether oxygens (including phenoxy) is 1. The summed E-state index contributed by atoms with van der Waals surface area (Å²) in [6.07, 6.45) is 2.90. The molecule has 0 spiro atoms. The Balaban J connectivity index is 2.22. The molecule has 0 radical (unpaired) electrons. The number of anilines is 1. The first-order chi connectivity index (χ1) is 8.61. The van der Waals surface area contributed by atoms with E-state index < -0.39 is 6.09 Å². The zero-order valence-corrected chi connectivity index (χ0v) is 10.8. The summed E-state index contributed by atoms with van der Waals surface area (Å²) in [5.74, 6) is 0. The average Bonchev–Trinajstić information content (AvgIpc) is 2.73. The minimum atomic E-state index is -0.491. The van der Waals surface area contributed by atoms with E-state index in [9.17, 15) is 4.79 Å². The van der Waals surface area contributed by atoms with Crippen molar-refractivity contribution in [1.29, 1.82) is 0 Å². The first-order valence-electron chi connectivity index (χ1n) is 5.73. The van der Waals surface area contributed by atoms with Gasteiger partial charge in [-0.05, 0) is 18.6 Å². The van der Waals surface area contributed by atoms with Crippen molar-refractivity contribution in [3.63, 3.8) is 0 Å². The van der Waals surface area contributed by atoms with Gasteiger partial charge in [-0.1, -0.05) is 24.9 Å². The number of carbonyl (C=O) groups is 1. The Bertz CT molecular complexity index is 541. The Hall–Kier alpha value is -1.75. The highest BCUT2D eigenvalue weighted by Crippen LogP contribution is 2.24. The molecule has 6 heteroatoms. The van der Waals surface area contributed by atoms with Crippen molar-refractivity contribution in [2.45, 2.75) is 19.8 Å². The van der Waals surface area contributed by atoms with Crippen LogP contribution >= 0.6 is 11.6 Å². The van der Waals surface area contributed by atoms with Crippen LogP contribution in [0.25, 0.3) is 10.9 Å². The first kappa shape index (κ1) is 12.7. The second-order valence-corrected chi connectivity index (χ2v) is 4.38. The number of nitrogens with zero attached hydrogens (tertiary/aromatic N) is 2. The van der Waals surface area contributed by atoms with Gasteiger partial charge in [-0.3, -0.25) is 0 Å². The van der Waals surface area contributed by atoms with E-state index in [0.29, 0.717) is 22.8 Å². The van der Waals surface area contributed by atoms with Crippen LogP contribution in [-0.2, 0) is 4.74 Å². The normalized spacial score (nSPS) is 10.8. The first-order valence-corrected chi connectivity index (χ1v) is 6.11. The molecule has 0 saturated heterocycles. The molecule has 0 fully saturated rings. The predicted molar refractivity (Wildman–Crippen MR) is 70.8 cm³/mol. The van der Waals surface area contributed by atoms with Gasteiger partial charge < -0.3 is 10.5 Å². The van der Waals surface area contributed by atoms with Crippen LogP contribution < -0.4 is 5.73 Å². The number of nitrogens with two attached hydrogens (primary N) is 1. The maximum atomic E-state index is 11.7. The molecule has 2 N–H and O–H groups in total. The minimum Gasteiger partial charge on any atom is -0.448 e. The molecule has 0 unspecified atom stereocenters. The van der Waals surface area contributed by atoms with Crippen LogP contribution in [0, 0.1) is 0 Å². The van der Waals surface area contributed by atoms with Gasteiger partial charge in [-0.15, -0.1) is 0 Å². The number of benzene rings is 1. The summed E-state index contributed by atoms with van der Waals surface area (Å²) < 4.78 is 6.22. The molecule has 0 saturated carbocycles. The number of halogens is 1. The van der Waals surface area contributed by atoms with E-state index in [2.05, 4.69) is 5.10 Å². The Labute approximate surface area is 109 Å². The van der Waals surface area contributed by atoms with E-state index in [4.69, 9.17) is 22.1 Å². The highest BCUT2D eigenvalue weighted by molar-refractivity contribution is 6.33. The van der Waals surface area contributed by atoms with Crippen LogP contribution in [0.4, 0.5) is 10.5 Å². The smallest absolute Gasteiger partial charge is 0.434 e. The van der Waals surface area contributed by atoms with Gasteiger partial charge in [0.05, 0.1) is 22.8 Å². The van der Waals surface area contributed by atoms with Gasteiger partial charge in [0.25, 0.3) is 0 Å². The highest BCUT2D eigenvalue weighted by Gasteiger charge is 2.10. The van der Waals surface area contributed by atoms with Crippen LogP contribution in [0.2, 0.25) is 5.02 Å².